The van der Waals surface area contributed by atoms with Crippen molar-refractivity contribution in [1.29, 1.82) is 0 Å². The zero-order chi connectivity index (χ0) is 19.9. The molecule has 2 unspecified atom stereocenters. The van der Waals surface area contributed by atoms with E-state index in [1.165, 1.54) is 12.8 Å². The van der Waals surface area contributed by atoms with Gasteiger partial charge in [-0.05, 0) is 37.0 Å². The molecule has 0 N–H and O–H groups in total. The Morgan fingerprint density at radius 1 is 1.04 bits per heavy atom. The first-order valence-corrected chi connectivity index (χ1v) is 10.2. The van der Waals surface area contributed by atoms with Crippen molar-refractivity contribution in [2.24, 2.45) is 5.92 Å². The third-order valence-electron chi connectivity index (χ3n) is 5.94. The van der Waals surface area contributed by atoms with Crippen LogP contribution in [0.4, 0.5) is 17.6 Å². The molecule has 7 heteroatoms. The Bertz CT molecular complexity index is 812. The Morgan fingerprint density at radius 3 is 2.50 bits per heavy atom. The van der Waals surface area contributed by atoms with Crippen LogP contribution in [0.3, 0.4) is 0 Å². The predicted octanol–water partition coefficient (Wildman–Crippen LogP) is 2.74. The maximum atomic E-state index is 4.74. The molecule has 2 aliphatic heterocycles. The van der Waals surface area contributed by atoms with Crippen LogP contribution in [0.15, 0.2) is 24.4 Å². The average Bonchev–Trinajstić information content (AvgIpc) is 3.10. The van der Waals surface area contributed by atoms with Crippen LogP contribution in [0.25, 0.3) is 0 Å². The summed E-state index contributed by atoms with van der Waals surface area (Å²) in [6, 6.07) is 6.65. The molecule has 2 aromatic heterocycles. The van der Waals surface area contributed by atoms with Crippen molar-refractivity contribution in [3.8, 4) is 0 Å². The van der Waals surface area contributed by atoms with E-state index < -0.39 is 0 Å². The van der Waals surface area contributed by atoms with Crippen molar-refractivity contribution in [3.05, 3.63) is 30.1 Å². The minimum Gasteiger partial charge on any atom is -0.363 e. The first-order chi connectivity index (χ1) is 13.3. The van der Waals surface area contributed by atoms with Gasteiger partial charge in [0.25, 0.3) is 0 Å². The van der Waals surface area contributed by atoms with Gasteiger partial charge in [0.05, 0.1) is 11.7 Å². The Morgan fingerprint density at radius 2 is 1.82 bits per heavy atom. The zero-order valence-corrected chi connectivity index (χ0v) is 17.6. The molecule has 0 spiro atoms. The SMILES string of the molecule is CN(C)c1ccnc(N2CCC3CCN(c4ccc(C(C)(C)C)nn4)C3C2)n1. The molecule has 0 radical (unpaired) electrons. The summed E-state index contributed by atoms with van der Waals surface area (Å²) in [5, 5.41) is 9.08. The molecule has 0 amide bonds. The van der Waals surface area contributed by atoms with Crippen LogP contribution in [0.1, 0.15) is 39.3 Å². The van der Waals surface area contributed by atoms with Crippen molar-refractivity contribution >= 4 is 17.6 Å². The van der Waals surface area contributed by atoms with Gasteiger partial charge in [-0.15, -0.1) is 5.10 Å². The number of rotatable bonds is 3. The lowest BCUT2D eigenvalue weighted by Gasteiger charge is -2.38. The maximum Gasteiger partial charge on any atom is 0.227 e. The van der Waals surface area contributed by atoms with E-state index in [1.54, 1.807) is 0 Å². The fourth-order valence-corrected chi connectivity index (χ4v) is 4.23. The molecular formula is C21H31N7. The molecule has 0 aliphatic carbocycles. The highest BCUT2D eigenvalue weighted by Crippen LogP contribution is 2.35. The number of aromatic nitrogens is 4. The first kappa shape index (κ1) is 18.9. The van der Waals surface area contributed by atoms with E-state index >= 15 is 0 Å². The van der Waals surface area contributed by atoms with E-state index in [0.29, 0.717) is 12.0 Å². The summed E-state index contributed by atoms with van der Waals surface area (Å²) in [5.41, 5.74) is 1.06. The normalized spacial score (nSPS) is 22.3. The van der Waals surface area contributed by atoms with Crippen LogP contribution in [0, 0.1) is 5.92 Å². The lowest BCUT2D eigenvalue weighted by atomic mass is 9.92. The number of nitrogens with zero attached hydrogens (tertiary/aromatic N) is 7. The summed E-state index contributed by atoms with van der Waals surface area (Å²) < 4.78 is 0. The summed E-state index contributed by atoms with van der Waals surface area (Å²) in [6.07, 6.45) is 4.25. The molecule has 4 heterocycles. The van der Waals surface area contributed by atoms with Crippen LogP contribution < -0.4 is 14.7 Å². The largest absolute Gasteiger partial charge is 0.363 e. The second-order valence-corrected chi connectivity index (χ2v) is 9.18. The molecule has 0 bridgehead atoms. The third-order valence-corrected chi connectivity index (χ3v) is 5.94. The van der Waals surface area contributed by atoms with Crippen molar-refractivity contribution in [2.75, 3.05) is 48.4 Å². The van der Waals surface area contributed by atoms with Gasteiger partial charge in [0, 0.05) is 45.3 Å². The molecular weight excluding hydrogens is 350 g/mol. The molecule has 0 saturated carbocycles. The Kier molecular flexibility index (Phi) is 4.85. The summed E-state index contributed by atoms with van der Waals surface area (Å²) in [7, 11) is 4.02. The van der Waals surface area contributed by atoms with E-state index in [9.17, 15) is 0 Å². The van der Waals surface area contributed by atoms with Gasteiger partial charge in [-0.3, -0.25) is 0 Å². The number of hydrogen-bond donors (Lipinski definition) is 0. The summed E-state index contributed by atoms with van der Waals surface area (Å²) in [6.45, 7) is 9.51. The highest BCUT2D eigenvalue weighted by molar-refractivity contribution is 5.46. The lowest BCUT2D eigenvalue weighted by Crippen LogP contribution is -2.49. The fourth-order valence-electron chi connectivity index (χ4n) is 4.23. The van der Waals surface area contributed by atoms with E-state index in [4.69, 9.17) is 4.98 Å². The van der Waals surface area contributed by atoms with E-state index in [2.05, 4.69) is 57.9 Å². The van der Waals surface area contributed by atoms with Crippen LogP contribution >= 0.6 is 0 Å². The monoisotopic (exact) mass is 381 g/mol. The smallest absolute Gasteiger partial charge is 0.227 e. The third kappa shape index (κ3) is 3.62. The minimum atomic E-state index is 0.0233. The minimum absolute atomic E-state index is 0.0233. The van der Waals surface area contributed by atoms with Crippen molar-refractivity contribution in [1.82, 2.24) is 20.2 Å². The van der Waals surface area contributed by atoms with Crippen LogP contribution in [-0.2, 0) is 5.41 Å². The van der Waals surface area contributed by atoms with Gasteiger partial charge in [0.2, 0.25) is 5.95 Å². The van der Waals surface area contributed by atoms with Crippen LogP contribution in [-0.4, -0.2) is 59.9 Å². The van der Waals surface area contributed by atoms with Crippen LogP contribution in [0.5, 0.6) is 0 Å². The van der Waals surface area contributed by atoms with Crippen LogP contribution in [0.2, 0.25) is 0 Å². The van der Waals surface area contributed by atoms with Gasteiger partial charge in [-0.25, -0.2) is 4.98 Å². The highest BCUT2D eigenvalue weighted by atomic mass is 15.3. The molecule has 4 rings (SSSR count). The van der Waals surface area contributed by atoms with Gasteiger partial charge >= 0.3 is 0 Å². The summed E-state index contributed by atoms with van der Waals surface area (Å²) >= 11 is 0. The fraction of sp³-hybridized carbons (Fsp3) is 0.619. The average molecular weight is 382 g/mol. The van der Waals surface area contributed by atoms with Gasteiger partial charge in [0.1, 0.15) is 5.82 Å². The molecule has 2 aromatic rings. The van der Waals surface area contributed by atoms with Gasteiger partial charge < -0.3 is 14.7 Å². The zero-order valence-electron chi connectivity index (χ0n) is 17.6. The second-order valence-electron chi connectivity index (χ2n) is 9.18. The molecule has 150 valence electrons. The molecule has 2 aliphatic rings. The number of piperidine rings is 1. The quantitative estimate of drug-likeness (QED) is 0.810. The molecule has 2 saturated heterocycles. The summed E-state index contributed by atoms with van der Waals surface area (Å²) in [4.78, 5) is 16.1. The second kappa shape index (κ2) is 7.18. The van der Waals surface area contributed by atoms with Crippen molar-refractivity contribution in [3.63, 3.8) is 0 Å². The number of hydrogen-bond acceptors (Lipinski definition) is 7. The number of fused-ring (bicyclic) bond motifs is 1. The Labute approximate surface area is 167 Å². The predicted molar refractivity (Wildman–Crippen MR) is 113 cm³/mol. The van der Waals surface area contributed by atoms with Gasteiger partial charge in [-0.2, -0.15) is 10.1 Å². The molecule has 0 aromatic carbocycles. The van der Waals surface area contributed by atoms with Gasteiger partial charge in [0.15, 0.2) is 5.82 Å². The summed E-state index contributed by atoms with van der Waals surface area (Å²) in [5.74, 6) is 3.47. The topological polar surface area (TPSA) is 61.3 Å². The number of anilines is 3. The molecule has 7 nitrogen and oxygen atoms in total. The highest BCUT2D eigenvalue weighted by Gasteiger charge is 2.39. The Hall–Kier alpha value is -2.44. The Balaban J connectivity index is 1.53. The first-order valence-electron chi connectivity index (χ1n) is 10.2. The molecule has 2 fully saturated rings. The van der Waals surface area contributed by atoms with E-state index in [1.807, 2.05) is 31.3 Å². The van der Waals surface area contributed by atoms with E-state index in [0.717, 1.165) is 42.9 Å². The molecule has 28 heavy (non-hydrogen) atoms. The maximum absolute atomic E-state index is 4.74. The lowest BCUT2D eigenvalue weighted by molar-refractivity contribution is 0.386. The molecule has 2 atom stereocenters. The van der Waals surface area contributed by atoms with Gasteiger partial charge in [-0.1, -0.05) is 20.8 Å². The van der Waals surface area contributed by atoms with Crippen molar-refractivity contribution < 1.29 is 0 Å². The van der Waals surface area contributed by atoms with Crippen molar-refractivity contribution in [2.45, 2.75) is 45.1 Å². The standard InChI is InChI=1S/C21H31N7/c1-21(2,3)17-6-7-19(25-24-17)28-13-10-15-9-12-27(14-16(15)28)20-22-11-8-18(23-20)26(4)5/h6-8,11,15-16H,9-10,12-14H2,1-5H3. The van der Waals surface area contributed by atoms with E-state index in [-0.39, 0.29) is 5.41 Å².